The quantitative estimate of drug-likeness (QED) is 0.518. The third-order valence-electron chi connectivity index (χ3n) is 4.90. The number of aromatic nitrogens is 3. The summed E-state index contributed by atoms with van der Waals surface area (Å²) in [4.78, 5) is 4.74. The molecule has 0 spiro atoms. The Labute approximate surface area is 158 Å². The molecule has 0 amide bonds. The maximum Gasteiger partial charge on any atom is 0.301 e. The molecular weight excluding hydrogens is 332 g/mol. The first-order valence-electron chi connectivity index (χ1n) is 8.89. The SMILES string of the molecule is Cc1c(-[n+]2ccccc2C)cc(C#N)cc1-[n+]1cc2ccccc2nc1C. The molecule has 27 heavy (non-hydrogen) atoms. The zero-order valence-electron chi connectivity index (χ0n) is 15.6. The van der Waals surface area contributed by atoms with Crippen molar-refractivity contribution in [3.63, 3.8) is 0 Å². The van der Waals surface area contributed by atoms with Crippen molar-refractivity contribution in [1.82, 2.24) is 4.98 Å². The summed E-state index contributed by atoms with van der Waals surface area (Å²) in [7, 11) is 0. The van der Waals surface area contributed by atoms with Crippen molar-refractivity contribution < 1.29 is 9.13 Å². The number of para-hydroxylation sites is 1. The number of fused-ring (bicyclic) bond motifs is 1. The van der Waals surface area contributed by atoms with Crippen molar-refractivity contribution in [2.75, 3.05) is 0 Å². The summed E-state index contributed by atoms with van der Waals surface area (Å²) in [5.74, 6) is 0.882. The van der Waals surface area contributed by atoms with Gasteiger partial charge in [-0.2, -0.15) is 14.4 Å². The van der Waals surface area contributed by atoms with E-state index in [1.165, 1.54) is 0 Å². The fourth-order valence-corrected chi connectivity index (χ4v) is 3.45. The summed E-state index contributed by atoms with van der Waals surface area (Å²) < 4.78 is 4.19. The van der Waals surface area contributed by atoms with Gasteiger partial charge in [-0.25, -0.2) is 0 Å². The molecule has 0 aliphatic rings. The summed E-state index contributed by atoms with van der Waals surface area (Å²) in [5, 5.41) is 10.7. The van der Waals surface area contributed by atoms with Gasteiger partial charge in [-0.3, -0.25) is 0 Å². The van der Waals surface area contributed by atoms with E-state index in [4.69, 9.17) is 4.98 Å². The number of aryl methyl sites for hydroxylation is 2. The van der Waals surface area contributed by atoms with E-state index in [0.29, 0.717) is 5.56 Å². The van der Waals surface area contributed by atoms with Crippen LogP contribution in [0, 0.1) is 32.1 Å². The van der Waals surface area contributed by atoms with Crippen LogP contribution in [0.4, 0.5) is 0 Å². The molecule has 2 aromatic carbocycles. The lowest BCUT2D eigenvalue weighted by Crippen LogP contribution is -2.39. The molecule has 0 atom stereocenters. The number of nitriles is 1. The highest BCUT2D eigenvalue weighted by atomic mass is 15.1. The molecule has 0 saturated heterocycles. The largest absolute Gasteiger partial charge is 0.301 e. The Morgan fingerprint density at radius 1 is 0.889 bits per heavy atom. The number of hydrogen-bond donors (Lipinski definition) is 0. The number of hydrogen-bond acceptors (Lipinski definition) is 2. The van der Waals surface area contributed by atoms with E-state index in [2.05, 4.69) is 47.4 Å². The molecule has 0 unspecified atom stereocenters. The van der Waals surface area contributed by atoms with Crippen molar-refractivity contribution in [3.8, 4) is 17.4 Å². The van der Waals surface area contributed by atoms with Crippen molar-refractivity contribution >= 4 is 10.9 Å². The third-order valence-corrected chi connectivity index (χ3v) is 4.90. The number of pyridine rings is 1. The van der Waals surface area contributed by atoms with Crippen molar-refractivity contribution in [3.05, 3.63) is 89.6 Å². The van der Waals surface area contributed by atoms with E-state index in [0.717, 1.165) is 39.4 Å². The van der Waals surface area contributed by atoms with Crippen molar-refractivity contribution in [2.24, 2.45) is 0 Å². The van der Waals surface area contributed by atoms with Gasteiger partial charge < -0.3 is 0 Å². The predicted octanol–water partition coefficient (Wildman–Crippen LogP) is 3.59. The van der Waals surface area contributed by atoms with Gasteiger partial charge in [0.15, 0.2) is 17.4 Å². The summed E-state index contributed by atoms with van der Waals surface area (Å²) in [6.45, 7) is 6.15. The molecule has 4 nitrogen and oxygen atoms in total. The monoisotopic (exact) mass is 352 g/mol. The predicted molar refractivity (Wildman–Crippen MR) is 104 cm³/mol. The first kappa shape index (κ1) is 16.9. The molecular formula is C23H20N4+2. The lowest BCUT2D eigenvalue weighted by Gasteiger charge is -2.09. The summed E-state index contributed by atoms with van der Waals surface area (Å²) >= 11 is 0. The molecule has 2 heterocycles. The van der Waals surface area contributed by atoms with Gasteiger partial charge in [-0.1, -0.05) is 18.2 Å². The molecule has 4 heteroatoms. The minimum atomic E-state index is 0.626. The maximum absolute atomic E-state index is 9.60. The van der Waals surface area contributed by atoms with Crippen LogP contribution in [0.2, 0.25) is 0 Å². The Balaban J connectivity index is 2.02. The van der Waals surface area contributed by atoms with Crippen molar-refractivity contribution in [1.29, 1.82) is 5.26 Å². The highest BCUT2D eigenvalue weighted by molar-refractivity contribution is 5.76. The zero-order valence-corrected chi connectivity index (χ0v) is 15.6. The molecule has 0 fully saturated rings. The average Bonchev–Trinajstić information content (AvgIpc) is 2.68. The number of benzene rings is 2. The van der Waals surface area contributed by atoms with Crippen LogP contribution >= 0.6 is 0 Å². The van der Waals surface area contributed by atoms with Gasteiger partial charge >= 0.3 is 5.82 Å². The lowest BCUT2D eigenvalue weighted by atomic mass is 10.1. The minimum absolute atomic E-state index is 0.626. The molecule has 0 N–H and O–H groups in total. The van der Waals surface area contributed by atoms with Gasteiger partial charge in [0.2, 0.25) is 5.69 Å². The average molecular weight is 352 g/mol. The second-order valence-electron chi connectivity index (χ2n) is 6.68. The molecule has 0 radical (unpaired) electrons. The van der Waals surface area contributed by atoms with Gasteiger partial charge in [0, 0.05) is 38.1 Å². The first-order chi connectivity index (χ1) is 13.1. The van der Waals surface area contributed by atoms with E-state index in [-0.39, 0.29) is 0 Å². The number of nitrogens with zero attached hydrogens (tertiary/aromatic N) is 4. The Morgan fingerprint density at radius 3 is 2.33 bits per heavy atom. The Kier molecular flexibility index (Phi) is 4.13. The Hall–Kier alpha value is -3.58. The van der Waals surface area contributed by atoms with Gasteiger partial charge in [-0.05, 0) is 24.0 Å². The molecule has 4 rings (SSSR count). The smallest absolute Gasteiger partial charge is 0.199 e. The highest BCUT2D eigenvalue weighted by Gasteiger charge is 2.23. The second-order valence-corrected chi connectivity index (χ2v) is 6.68. The Bertz CT molecular complexity index is 1220. The van der Waals surface area contributed by atoms with Crippen LogP contribution in [0.1, 0.15) is 22.6 Å². The summed E-state index contributed by atoms with van der Waals surface area (Å²) in [5.41, 5.74) is 5.77. The zero-order chi connectivity index (χ0) is 19.0. The van der Waals surface area contributed by atoms with Crippen LogP contribution in [0.15, 0.2) is 67.0 Å². The van der Waals surface area contributed by atoms with Gasteiger partial charge in [0.1, 0.15) is 11.9 Å². The standard InChI is InChI=1S/C23H20N4/c1-16-8-6-7-11-26(16)22-12-19(14-24)13-23(17(22)2)27-15-20-9-4-5-10-21(20)25-18(27)3/h4-13,15H,1-3H3/q+2. The van der Waals surface area contributed by atoms with Gasteiger partial charge in [0.25, 0.3) is 0 Å². The van der Waals surface area contributed by atoms with Crippen LogP contribution in [0.3, 0.4) is 0 Å². The summed E-state index contributed by atoms with van der Waals surface area (Å²) in [6.07, 6.45) is 4.12. The van der Waals surface area contributed by atoms with Crippen LogP contribution < -0.4 is 9.13 Å². The Morgan fingerprint density at radius 2 is 1.59 bits per heavy atom. The molecule has 0 aliphatic carbocycles. The minimum Gasteiger partial charge on any atom is -0.199 e. The molecule has 0 aliphatic heterocycles. The fourth-order valence-electron chi connectivity index (χ4n) is 3.45. The fraction of sp³-hybridized carbons (Fsp3) is 0.130. The molecule has 0 bridgehead atoms. The normalized spacial score (nSPS) is 10.7. The van der Waals surface area contributed by atoms with E-state index < -0.39 is 0 Å². The lowest BCUT2D eigenvalue weighted by molar-refractivity contribution is -0.612. The van der Waals surface area contributed by atoms with E-state index >= 15 is 0 Å². The van der Waals surface area contributed by atoms with E-state index in [9.17, 15) is 5.26 Å². The summed E-state index contributed by atoms with van der Waals surface area (Å²) in [6, 6.07) is 20.3. The topological polar surface area (TPSA) is 44.4 Å². The first-order valence-corrected chi connectivity index (χ1v) is 8.89. The van der Waals surface area contributed by atoms with Crippen LogP contribution in [0.5, 0.6) is 0 Å². The molecule has 0 saturated carbocycles. The van der Waals surface area contributed by atoms with Gasteiger partial charge in [0.05, 0.1) is 22.6 Å². The molecule has 2 aromatic heterocycles. The highest BCUT2D eigenvalue weighted by Crippen LogP contribution is 2.19. The van der Waals surface area contributed by atoms with E-state index in [1.807, 2.05) is 55.6 Å². The maximum atomic E-state index is 9.60. The van der Waals surface area contributed by atoms with Crippen LogP contribution in [-0.4, -0.2) is 4.98 Å². The van der Waals surface area contributed by atoms with Crippen LogP contribution in [-0.2, 0) is 0 Å². The van der Waals surface area contributed by atoms with E-state index in [1.54, 1.807) is 0 Å². The third kappa shape index (κ3) is 2.94. The number of rotatable bonds is 2. The van der Waals surface area contributed by atoms with Gasteiger partial charge in [-0.15, -0.1) is 0 Å². The van der Waals surface area contributed by atoms with Crippen molar-refractivity contribution in [2.45, 2.75) is 20.8 Å². The molecule has 4 aromatic rings. The van der Waals surface area contributed by atoms with Crippen LogP contribution in [0.25, 0.3) is 22.3 Å². The molecule has 130 valence electrons. The second kappa shape index (κ2) is 6.62.